The van der Waals surface area contributed by atoms with Gasteiger partial charge in [-0.25, -0.2) is 15.0 Å². The molecule has 0 spiro atoms. The maximum Gasteiger partial charge on any atom is 0.301 e. The topological polar surface area (TPSA) is 81.8 Å². The largest absolute Gasteiger partial charge is 0.301 e. The van der Waals surface area contributed by atoms with E-state index >= 15 is 0 Å². The minimum atomic E-state index is -0.500. The molecule has 0 radical (unpaired) electrons. The molecule has 0 aliphatic rings. The Labute approximate surface area is 124 Å². The number of hydrogen-bond donors (Lipinski definition) is 0. The second-order valence-corrected chi connectivity index (χ2v) is 5.46. The van der Waals surface area contributed by atoms with Crippen molar-refractivity contribution >= 4 is 29.1 Å². The fraction of sp³-hybridized carbons (Fsp3) is 0.250. The van der Waals surface area contributed by atoms with Crippen molar-refractivity contribution in [2.24, 2.45) is 0 Å². The maximum absolute atomic E-state index is 11.0. The number of nitrogens with zero attached hydrogens (tertiary/aromatic N) is 4. The summed E-state index contributed by atoms with van der Waals surface area (Å²) in [5.41, 5.74) is 2.57. The fourth-order valence-corrected chi connectivity index (χ4v) is 2.62. The van der Waals surface area contributed by atoms with Gasteiger partial charge in [-0.2, -0.15) is 0 Å². The molecule has 0 aromatic carbocycles. The Balaban J connectivity index is 2.44. The van der Waals surface area contributed by atoms with E-state index in [2.05, 4.69) is 15.0 Å². The second-order valence-electron chi connectivity index (χ2n) is 4.12. The van der Waals surface area contributed by atoms with Gasteiger partial charge in [-0.15, -0.1) is 0 Å². The van der Waals surface area contributed by atoms with Gasteiger partial charge in [0.05, 0.1) is 4.92 Å². The molecule has 0 bridgehead atoms. The molecule has 0 fully saturated rings. The predicted octanol–water partition coefficient (Wildman–Crippen LogP) is 3.51. The Hall–Kier alpha value is -1.73. The average Bonchev–Trinajstić information content (AvgIpc) is 2.35. The highest BCUT2D eigenvalue weighted by Crippen LogP contribution is 2.32. The molecule has 2 heterocycles. The molecule has 0 amide bonds. The lowest BCUT2D eigenvalue weighted by atomic mass is 10.2. The number of rotatable bonds is 3. The molecule has 104 valence electrons. The first kappa shape index (κ1) is 14.7. The SMILES string of the molecule is Cc1nc(Sc2nc(Cl)ccc2[N+](=O)[O-])nc(C)c1C. The highest BCUT2D eigenvalue weighted by molar-refractivity contribution is 7.99. The van der Waals surface area contributed by atoms with Crippen LogP contribution in [0.4, 0.5) is 5.69 Å². The predicted molar refractivity (Wildman–Crippen MR) is 76.3 cm³/mol. The molecular weight excluding hydrogens is 300 g/mol. The first-order valence-electron chi connectivity index (χ1n) is 5.69. The summed E-state index contributed by atoms with van der Waals surface area (Å²) in [5, 5.41) is 11.8. The van der Waals surface area contributed by atoms with Gasteiger partial charge in [0.15, 0.2) is 10.2 Å². The molecule has 0 aliphatic carbocycles. The second kappa shape index (κ2) is 5.72. The molecule has 2 aromatic heterocycles. The third-order valence-electron chi connectivity index (χ3n) is 2.80. The van der Waals surface area contributed by atoms with Crippen LogP contribution >= 0.6 is 23.4 Å². The van der Waals surface area contributed by atoms with Crippen LogP contribution in [-0.2, 0) is 0 Å². The lowest BCUT2D eigenvalue weighted by Crippen LogP contribution is -1.99. The van der Waals surface area contributed by atoms with Crippen LogP contribution in [0.25, 0.3) is 0 Å². The molecule has 0 N–H and O–H groups in total. The monoisotopic (exact) mass is 310 g/mol. The molecule has 0 unspecified atom stereocenters. The third kappa shape index (κ3) is 3.05. The van der Waals surface area contributed by atoms with Gasteiger partial charge >= 0.3 is 5.69 Å². The van der Waals surface area contributed by atoms with Crippen molar-refractivity contribution in [2.75, 3.05) is 0 Å². The number of aryl methyl sites for hydroxylation is 2. The van der Waals surface area contributed by atoms with E-state index in [1.807, 2.05) is 20.8 Å². The van der Waals surface area contributed by atoms with Crippen molar-refractivity contribution in [2.45, 2.75) is 31.0 Å². The number of pyridine rings is 1. The normalized spacial score (nSPS) is 10.6. The average molecular weight is 311 g/mol. The van der Waals surface area contributed by atoms with Crippen molar-refractivity contribution in [3.63, 3.8) is 0 Å². The van der Waals surface area contributed by atoms with E-state index in [-0.39, 0.29) is 15.9 Å². The molecule has 0 saturated carbocycles. The van der Waals surface area contributed by atoms with Gasteiger partial charge in [-0.05, 0) is 44.2 Å². The quantitative estimate of drug-likeness (QED) is 0.373. The molecular formula is C12H11ClN4O2S. The summed E-state index contributed by atoms with van der Waals surface area (Å²) in [6.07, 6.45) is 0. The molecule has 2 aromatic rings. The fourth-order valence-electron chi connectivity index (χ4n) is 1.50. The van der Waals surface area contributed by atoms with E-state index < -0.39 is 4.92 Å². The van der Waals surface area contributed by atoms with Crippen molar-refractivity contribution < 1.29 is 4.92 Å². The lowest BCUT2D eigenvalue weighted by molar-refractivity contribution is -0.388. The van der Waals surface area contributed by atoms with Gasteiger partial charge in [0.1, 0.15) is 5.15 Å². The van der Waals surface area contributed by atoms with Crippen LogP contribution < -0.4 is 0 Å². The Bertz CT molecular complexity index is 670. The summed E-state index contributed by atoms with van der Waals surface area (Å²) in [5.74, 6) is 0. The summed E-state index contributed by atoms with van der Waals surface area (Å²) >= 11 is 6.82. The Morgan fingerprint density at radius 3 is 2.30 bits per heavy atom. The molecule has 20 heavy (non-hydrogen) atoms. The van der Waals surface area contributed by atoms with Crippen molar-refractivity contribution in [1.29, 1.82) is 0 Å². The van der Waals surface area contributed by atoms with Gasteiger partial charge in [0.2, 0.25) is 0 Å². The summed E-state index contributed by atoms with van der Waals surface area (Å²) in [7, 11) is 0. The standard InChI is InChI=1S/C12H11ClN4O2S/c1-6-7(2)14-12(15-8(6)3)20-11-9(17(18)19)4-5-10(13)16-11/h4-5H,1-3H3. The smallest absolute Gasteiger partial charge is 0.258 e. The van der Waals surface area contributed by atoms with E-state index in [0.717, 1.165) is 28.7 Å². The first-order chi connectivity index (χ1) is 9.38. The van der Waals surface area contributed by atoms with E-state index in [0.29, 0.717) is 5.16 Å². The molecule has 2 rings (SSSR count). The Morgan fingerprint density at radius 1 is 1.15 bits per heavy atom. The summed E-state index contributed by atoms with van der Waals surface area (Å²) in [6, 6.07) is 2.71. The number of hydrogen-bond acceptors (Lipinski definition) is 6. The van der Waals surface area contributed by atoms with Crippen molar-refractivity contribution in [3.05, 3.63) is 44.4 Å². The first-order valence-corrected chi connectivity index (χ1v) is 6.88. The summed E-state index contributed by atoms with van der Waals surface area (Å²) in [6.45, 7) is 5.67. The molecule has 8 heteroatoms. The van der Waals surface area contributed by atoms with Crippen LogP contribution in [-0.4, -0.2) is 19.9 Å². The van der Waals surface area contributed by atoms with Gasteiger partial charge < -0.3 is 0 Å². The maximum atomic E-state index is 11.0. The van der Waals surface area contributed by atoms with Crippen LogP contribution in [0, 0.1) is 30.9 Å². The van der Waals surface area contributed by atoms with Crippen LogP contribution in [0.2, 0.25) is 5.15 Å². The Morgan fingerprint density at radius 2 is 1.75 bits per heavy atom. The third-order valence-corrected chi connectivity index (χ3v) is 3.87. The van der Waals surface area contributed by atoms with Gasteiger partial charge in [0.25, 0.3) is 0 Å². The molecule has 0 atom stereocenters. The lowest BCUT2D eigenvalue weighted by Gasteiger charge is -2.06. The van der Waals surface area contributed by atoms with E-state index in [4.69, 9.17) is 11.6 Å². The van der Waals surface area contributed by atoms with Gasteiger partial charge in [-0.1, -0.05) is 11.6 Å². The van der Waals surface area contributed by atoms with Crippen LogP contribution in [0.15, 0.2) is 22.3 Å². The number of halogens is 1. The minimum Gasteiger partial charge on any atom is -0.258 e. The molecule has 6 nitrogen and oxygen atoms in total. The van der Waals surface area contributed by atoms with Gasteiger partial charge in [-0.3, -0.25) is 10.1 Å². The highest BCUT2D eigenvalue weighted by atomic mass is 35.5. The number of nitro groups is 1. The zero-order valence-electron chi connectivity index (χ0n) is 11.0. The number of aromatic nitrogens is 3. The van der Waals surface area contributed by atoms with E-state index in [9.17, 15) is 10.1 Å². The zero-order chi connectivity index (χ0) is 14.9. The van der Waals surface area contributed by atoms with Crippen LogP contribution in [0.3, 0.4) is 0 Å². The summed E-state index contributed by atoms with van der Waals surface area (Å²) in [4.78, 5) is 23.1. The van der Waals surface area contributed by atoms with E-state index in [1.165, 1.54) is 12.1 Å². The van der Waals surface area contributed by atoms with Gasteiger partial charge in [0, 0.05) is 17.5 Å². The van der Waals surface area contributed by atoms with Crippen molar-refractivity contribution in [3.8, 4) is 0 Å². The molecule has 0 aliphatic heterocycles. The van der Waals surface area contributed by atoms with E-state index in [1.54, 1.807) is 0 Å². The van der Waals surface area contributed by atoms with Crippen LogP contribution in [0.5, 0.6) is 0 Å². The molecule has 0 saturated heterocycles. The Kier molecular flexibility index (Phi) is 4.20. The summed E-state index contributed by atoms with van der Waals surface area (Å²) < 4.78 is 0. The van der Waals surface area contributed by atoms with Crippen molar-refractivity contribution in [1.82, 2.24) is 15.0 Å². The minimum absolute atomic E-state index is 0.112. The highest BCUT2D eigenvalue weighted by Gasteiger charge is 2.18. The van der Waals surface area contributed by atoms with Crippen LogP contribution in [0.1, 0.15) is 17.0 Å². The zero-order valence-corrected chi connectivity index (χ0v) is 12.6.